The molecule has 0 saturated heterocycles. The fourth-order valence-electron chi connectivity index (χ4n) is 0.956. The number of nitro groups is 1. The van der Waals surface area contributed by atoms with Gasteiger partial charge in [0.25, 0.3) is 9.05 Å². The van der Waals surface area contributed by atoms with Crippen molar-refractivity contribution in [1.82, 2.24) is 4.98 Å². The van der Waals surface area contributed by atoms with E-state index in [2.05, 4.69) is 20.9 Å². The first kappa shape index (κ1) is 14.2. The van der Waals surface area contributed by atoms with Gasteiger partial charge in [0.1, 0.15) is 9.37 Å². The van der Waals surface area contributed by atoms with Crippen LogP contribution in [-0.2, 0) is 9.05 Å². The number of halogens is 4. The van der Waals surface area contributed by atoms with Crippen LogP contribution in [-0.4, -0.2) is 18.3 Å². The second-order valence-corrected chi connectivity index (χ2v) is 6.06. The molecule has 11 heteroatoms. The van der Waals surface area contributed by atoms with Crippen molar-refractivity contribution in [1.29, 1.82) is 0 Å². The lowest BCUT2D eigenvalue weighted by molar-refractivity contribution is -0.390. The summed E-state index contributed by atoms with van der Waals surface area (Å²) in [6.45, 7) is 0. The molecule has 0 aromatic carbocycles. The Kier molecular flexibility index (Phi) is 3.99. The Morgan fingerprint density at radius 1 is 1.53 bits per heavy atom. The van der Waals surface area contributed by atoms with Crippen LogP contribution in [0, 0.1) is 10.1 Å². The van der Waals surface area contributed by atoms with Gasteiger partial charge in [-0.2, -0.15) is 0 Å². The van der Waals surface area contributed by atoms with Gasteiger partial charge in [-0.25, -0.2) is 17.2 Å². The summed E-state index contributed by atoms with van der Waals surface area (Å²) in [5.74, 6) is -0.913. The van der Waals surface area contributed by atoms with Crippen molar-refractivity contribution < 1.29 is 22.1 Å². The van der Waals surface area contributed by atoms with E-state index in [1.54, 1.807) is 0 Å². The summed E-state index contributed by atoms with van der Waals surface area (Å²) in [5, 5.41) is 10.4. The summed E-state index contributed by atoms with van der Waals surface area (Å²) in [6, 6.07) is 0.620. The van der Waals surface area contributed by atoms with Crippen LogP contribution in [0.1, 0.15) is 12.1 Å². The van der Waals surface area contributed by atoms with E-state index in [1.807, 2.05) is 0 Å². The summed E-state index contributed by atoms with van der Waals surface area (Å²) < 4.78 is 46.6. The Hall–Kier alpha value is -0.870. The van der Waals surface area contributed by atoms with Gasteiger partial charge in [0.05, 0.1) is 0 Å². The number of hydrogen-bond donors (Lipinski definition) is 0. The van der Waals surface area contributed by atoms with E-state index in [0.29, 0.717) is 6.07 Å². The van der Waals surface area contributed by atoms with Crippen LogP contribution in [0.5, 0.6) is 0 Å². The number of rotatable bonds is 3. The third-order valence-electron chi connectivity index (χ3n) is 1.59. The lowest BCUT2D eigenvalue weighted by atomic mass is 10.3. The molecule has 0 fully saturated rings. The lowest BCUT2D eigenvalue weighted by Gasteiger charge is -2.03. The van der Waals surface area contributed by atoms with E-state index in [4.69, 9.17) is 10.7 Å². The summed E-state index contributed by atoms with van der Waals surface area (Å²) in [4.78, 5) is 11.4. The average molecular weight is 352 g/mol. The summed E-state index contributed by atoms with van der Waals surface area (Å²) in [7, 11) is 0.454. The van der Waals surface area contributed by atoms with Crippen LogP contribution in [0.4, 0.5) is 14.6 Å². The maximum absolute atomic E-state index is 12.5. The molecule has 1 heterocycles. The SMILES string of the molecule is O=[N+]([O-])c1nc(C(F)F)c(S(=O)(=O)Cl)cc1Br. The molecule has 0 amide bonds. The van der Waals surface area contributed by atoms with E-state index >= 15 is 0 Å². The Labute approximate surface area is 106 Å². The normalized spacial score (nSPS) is 11.8. The van der Waals surface area contributed by atoms with Gasteiger partial charge >= 0.3 is 12.2 Å². The van der Waals surface area contributed by atoms with E-state index < -0.39 is 36.8 Å². The fraction of sp³-hybridized carbons (Fsp3) is 0.167. The first-order chi connectivity index (χ1) is 7.64. The smallest absolute Gasteiger partial charge is 0.358 e. The van der Waals surface area contributed by atoms with Crippen molar-refractivity contribution in [3.63, 3.8) is 0 Å². The van der Waals surface area contributed by atoms with Gasteiger partial charge in [-0.1, -0.05) is 0 Å². The molecule has 17 heavy (non-hydrogen) atoms. The van der Waals surface area contributed by atoms with E-state index in [1.165, 1.54) is 0 Å². The van der Waals surface area contributed by atoms with Crippen LogP contribution < -0.4 is 0 Å². The van der Waals surface area contributed by atoms with Crippen LogP contribution >= 0.6 is 26.6 Å². The van der Waals surface area contributed by atoms with E-state index in [0.717, 1.165) is 0 Å². The quantitative estimate of drug-likeness (QED) is 0.474. The highest BCUT2D eigenvalue weighted by atomic mass is 79.9. The lowest BCUT2D eigenvalue weighted by Crippen LogP contribution is -2.05. The standard InChI is InChI=1S/C6H2BrClF2N2O4S/c7-2-1-3(17(8,15)16)4(5(9)10)11-6(2)12(13)14/h1,5H. The van der Waals surface area contributed by atoms with Crippen molar-refractivity contribution >= 4 is 41.5 Å². The first-order valence-corrected chi connectivity index (χ1v) is 6.82. The summed E-state index contributed by atoms with van der Waals surface area (Å²) in [6.07, 6.45) is -3.30. The molecule has 0 bridgehead atoms. The van der Waals surface area contributed by atoms with Crippen molar-refractivity contribution in [2.45, 2.75) is 11.3 Å². The largest absolute Gasteiger partial charge is 0.378 e. The van der Waals surface area contributed by atoms with Gasteiger partial charge in [-0.15, -0.1) is 0 Å². The zero-order valence-corrected chi connectivity index (χ0v) is 10.8. The molecular weight excluding hydrogens is 349 g/mol. The van der Waals surface area contributed by atoms with Gasteiger partial charge in [-0.3, -0.25) is 0 Å². The second kappa shape index (κ2) is 4.78. The monoisotopic (exact) mass is 350 g/mol. The highest BCUT2D eigenvalue weighted by Gasteiger charge is 2.32. The zero-order chi connectivity index (χ0) is 13.4. The van der Waals surface area contributed by atoms with Crippen molar-refractivity contribution in [3.8, 4) is 0 Å². The number of aromatic nitrogens is 1. The highest BCUT2D eigenvalue weighted by molar-refractivity contribution is 9.10. The molecule has 0 radical (unpaired) electrons. The second-order valence-electron chi connectivity index (χ2n) is 2.67. The molecule has 0 aliphatic rings. The topological polar surface area (TPSA) is 90.2 Å². The average Bonchev–Trinajstić information content (AvgIpc) is 2.14. The van der Waals surface area contributed by atoms with Gasteiger partial charge in [-0.05, 0) is 31.9 Å². The Morgan fingerprint density at radius 3 is 2.41 bits per heavy atom. The molecule has 0 aliphatic carbocycles. The molecule has 0 atom stereocenters. The summed E-state index contributed by atoms with van der Waals surface area (Å²) >= 11 is 2.65. The van der Waals surface area contributed by atoms with Gasteiger partial charge in [0.15, 0.2) is 0 Å². The Morgan fingerprint density at radius 2 is 2.06 bits per heavy atom. The van der Waals surface area contributed by atoms with Crippen molar-refractivity contribution in [3.05, 3.63) is 26.3 Å². The van der Waals surface area contributed by atoms with Crippen LogP contribution in [0.3, 0.4) is 0 Å². The molecule has 1 aromatic heterocycles. The summed E-state index contributed by atoms with van der Waals surface area (Å²) in [5.41, 5.74) is -1.25. The van der Waals surface area contributed by atoms with Gasteiger partial charge < -0.3 is 10.1 Å². The predicted molar refractivity (Wildman–Crippen MR) is 56.6 cm³/mol. The Balaban J connectivity index is 3.64. The van der Waals surface area contributed by atoms with Crippen LogP contribution in [0.25, 0.3) is 0 Å². The number of hydrogen-bond acceptors (Lipinski definition) is 5. The maximum atomic E-state index is 12.5. The first-order valence-electron chi connectivity index (χ1n) is 3.72. The minimum absolute atomic E-state index is 0.355. The maximum Gasteiger partial charge on any atom is 0.378 e. The highest BCUT2D eigenvalue weighted by Crippen LogP contribution is 2.33. The molecule has 6 nitrogen and oxygen atoms in total. The van der Waals surface area contributed by atoms with Crippen LogP contribution in [0.2, 0.25) is 0 Å². The predicted octanol–water partition coefficient (Wildman–Crippen LogP) is 2.62. The molecule has 0 spiro atoms. The van der Waals surface area contributed by atoms with E-state index in [9.17, 15) is 27.3 Å². The van der Waals surface area contributed by atoms with Crippen molar-refractivity contribution in [2.24, 2.45) is 0 Å². The third-order valence-corrected chi connectivity index (χ3v) is 3.53. The minimum Gasteiger partial charge on any atom is -0.358 e. The van der Waals surface area contributed by atoms with Gasteiger partial charge in [0.2, 0.25) is 5.69 Å². The number of alkyl halides is 2. The molecule has 94 valence electrons. The van der Waals surface area contributed by atoms with E-state index in [-0.39, 0.29) is 4.47 Å². The number of nitrogens with zero attached hydrogens (tertiary/aromatic N) is 2. The number of pyridine rings is 1. The van der Waals surface area contributed by atoms with Crippen molar-refractivity contribution in [2.75, 3.05) is 0 Å². The molecule has 0 saturated carbocycles. The fourth-order valence-corrected chi connectivity index (χ4v) is 2.58. The molecule has 0 aliphatic heterocycles. The molecule has 0 unspecified atom stereocenters. The third kappa shape index (κ3) is 3.07. The zero-order valence-electron chi connectivity index (χ0n) is 7.60. The van der Waals surface area contributed by atoms with Crippen LogP contribution in [0.15, 0.2) is 15.4 Å². The molecule has 1 aromatic rings. The minimum atomic E-state index is -4.47. The molecule has 0 N–H and O–H groups in total. The molecule has 1 rings (SSSR count). The molecular formula is C6H2BrClF2N2O4S. The Bertz CT molecular complexity index is 580. The van der Waals surface area contributed by atoms with Gasteiger partial charge in [0, 0.05) is 10.7 Å².